The first kappa shape index (κ1) is 19.6. The van der Waals surface area contributed by atoms with Crippen molar-refractivity contribution >= 4 is 22.6 Å². The molecule has 0 atom stereocenters. The molecular weight excluding hydrogens is 324 g/mol. The van der Waals surface area contributed by atoms with Crippen LogP contribution in [0.4, 0.5) is 5.69 Å². The van der Waals surface area contributed by atoms with Crippen LogP contribution < -0.4 is 18.1 Å². The number of halogens is 1. The van der Waals surface area contributed by atoms with Gasteiger partial charge in [0.25, 0.3) is 0 Å². The number of benzene rings is 2. The fraction of sp³-hybridized carbons (Fsp3) is 0.316. The molecule has 0 aliphatic carbocycles. The topological polar surface area (TPSA) is 38.4 Å². The second-order valence-electron chi connectivity index (χ2n) is 5.68. The van der Waals surface area contributed by atoms with E-state index >= 15 is 0 Å². The van der Waals surface area contributed by atoms with Crippen LogP contribution in [0.1, 0.15) is 33.4 Å². The van der Waals surface area contributed by atoms with Gasteiger partial charge in [-0.15, -0.1) is 0 Å². The highest BCUT2D eigenvalue weighted by Crippen LogP contribution is 2.29. The van der Waals surface area contributed by atoms with Gasteiger partial charge in [0.2, 0.25) is 0 Å². The Kier molecular flexibility index (Phi) is 7.17. The lowest BCUT2D eigenvalue weighted by atomic mass is 9.90. The zero-order valence-electron chi connectivity index (χ0n) is 14.4. The molecule has 0 spiro atoms. The summed E-state index contributed by atoms with van der Waals surface area (Å²) in [4.78, 5) is 4.45. The predicted molar refractivity (Wildman–Crippen MR) is 99.1 cm³/mol. The first-order valence-electron chi connectivity index (χ1n) is 7.49. The minimum atomic E-state index is 0. The largest absolute Gasteiger partial charge is 1.00 e. The van der Waals surface area contributed by atoms with Crippen molar-refractivity contribution in [1.82, 2.24) is 0 Å². The van der Waals surface area contributed by atoms with Crippen LogP contribution in [0, 0.1) is 34.6 Å². The average Bonchev–Trinajstić information content (AvgIpc) is 2.52. The standard InChI is InChI=1S/C19H24N2S.ClH/c1-12-13(2)15(4)18(16(5)14(12)3)11-22-19(20)21-17-9-7-6-8-10-17;/h6-10H,11H2,1-5H3,(H2,20,21);1H/p-1. The van der Waals surface area contributed by atoms with Crippen molar-refractivity contribution < 1.29 is 12.4 Å². The molecule has 0 fully saturated rings. The molecule has 2 nitrogen and oxygen atoms in total. The molecule has 0 aromatic heterocycles. The Balaban J connectivity index is 0.00000264. The third-order valence-corrected chi connectivity index (χ3v) is 5.34. The Morgan fingerprint density at radius 3 is 1.87 bits per heavy atom. The molecule has 0 aliphatic rings. The number of aliphatic imine (C=N–C) groups is 1. The fourth-order valence-electron chi connectivity index (χ4n) is 2.60. The van der Waals surface area contributed by atoms with Gasteiger partial charge in [0.05, 0.1) is 5.69 Å². The van der Waals surface area contributed by atoms with Gasteiger partial charge in [-0.25, -0.2) is 4.99 Å². The minimum absolute atomic E-state index is 0. The van der Waals surface area contributed by atoms with Gasteiger partial charge in [-0.1, -0.05) is 30.0 Å². The predicted octanol–water partition coefficient (Wildman–Crippen LogP) is 2.11. The van der Waals surface area contributed by atoms with E-state index in [0.717, 1.165) is 11.4 Å². The van der Waals surface area contributed by atoms with Crippen LogP contribution in [0.15, 0.2) is 35.3 Å². The maximum absolute atomic E-state index is 6.07. The Morgan fingerprint density at radius 1 is 0.870 bits per heavy atom. The van der Waals surface area contributed by atoms with E-state index in [0.29, 0.717) is 5.17 Å². The minimum Gasteiger partial charge on any atom is -1.00 e. The van der Waals surface area contributed by atoms with Crippen molar-refractivity contribution in [2.75, 3.05) is 0 Å². The highest BCUT2D eigenvalue weighted by atomic mass is 35.5. The molecule has 0 heterocycles. The maximum Gasteiger partial charge on any atom is 0.159 e. The second-order valence-corrected chi connectivity index (χ2v) is 6.67. The number of amidine groups is 1. The molecule has 0 bridgehead atoms. The molecule has 124 valence electrons. The van der Waals surface area contributed by atoms with Crippen LogP contribution in [0.5, 0.6) is 0 Å². The van der Waals surface area contributed by atoms with Crippen molar-refractivity contribution in [3.8, 4) is 0 Å². The van der Waals surface area contributed by atoms with Gasteiger partial charge in [0, 0.05) is 5.75 Å². The fourth-order valence-corrected chi connectivity index (χ4v) is 3.50. The Labute approximate surface area is 150 Å². The lowest BCUT2D eigenvalue weighted by Crippen LogP contribution is -3.00. The zero-order valence-corrected chi connectivity index (χ0v) is 16.0. The van der Waals surface area contributed by atoms with Gasteiger partial charge in [-0.2, -0.15) is 0 Å². The smallest absolute Gasteiger partial charge is 0.159 e. The van der Waals surface area contributed by atoms with E-state index in [1.54, 1.807) is 11.8 Å². The quantitative estimate of drug-likeness (QED) is 0.682. The van der Waals surface area contributed by atoms with E-state index in [1.807, 2.05) is 30.3 Å². The zero-order chi connectivity index (χ0) is 16.3. The first-order chi connectivity index (χ1) is 10.4. The van der Waals surface area contributed by atoms with E-state index in [9.17, 15) is 0 Å². The van der Waals surface area contributed by atoms with E-state index in [-0.39, 0.29) is 12.4 Å². The monoisotopic (exact) mass is 347 g/mol. The summed E-state index contributed by atoms with van der Waals surface area (Å²) in [5.41, 5.74) is 15.3. The van der Waals surface area contributed by atoms with Gasteiger partial charge in [0.15, 0.2) is 5.17 Å². The van der Waals surface area contributed by atoms with Crippen molar-refractivity contribution in [1.29, 1.82) is 0 Å². The van der Waals surface area contributed by atoms with Crippen LogP contribution in [0.2, 0.25) is 0 Å². The molecule has 4 heteroatoms. The van der Waals surface area contributed by atoms with Crippen molar-refractivity contribution in [3.63, 3.8) is 0 Å². The molecule has 0 unspecified atom stereocenters. The van der Waals surface area contributed by atoms with E-state index < -0.39 is 0 Å². The summed E-state index contributed by atoms with van der Waals surface area (Å²) >= 11 is 1.60. The lowest BCUT2D eigenvalue weighted by Gasteiger charge is -2.18. The molecule has 23 heavy (non-hydrogen) atoms. The van der Waals surface area contributed by atoms with Crippen LogP contribution in [-0.2, 0) is 5.75 Å². The molecule has 0 saturated heterocycles. The molecule has 0 radical (unpaired) electrons. The number of thioether (sulfide) groups is 1. The number of rotatable bonds is 3. The number of para-hydroxylation sites is 1. The molecule has 0 amide bonds. The maximum atomic E-state index is 6.07. The van der Waals surface area contributed by atoms with Crippen LogP contribution in [0.3, 0.4) is 0 Å². The van der Waals surface area contributed by atoms with Crippen molar-refractivity contribution in [2.24, 2.45) is 10.7 Å². The molecule has 2 rings (SSSR count). The third-order valence-electron chi connectivity index (χ3n) is 4.52. The first-order valence-corrected chi connectivity index (χ1v) is 8.48. The van der Waals surface area contributed by atoms with Gasteiger partial charge in [-0.05, 0) is 80.1 Å². The second kappa shape index (κ2) is 8.42. The van der Waals surface area contributed by atoms with Crippen molar-refractivity contribution in [3.05, 3.63) is 63.7 Å². The molecule has 2 aromatic carbocycles. The molecule has 2 aromatic rings. The number of nitrogens with two attached hydrogens (primary N) is 1. The van der Waals surface area contributed by atoms with Crippen LogP contribution in [0.25, 0.3) is 0 Å². The Morgan fingerprint density at radius 2 is 1.35 bits per heavy atom. The molecule has 0 aliphatic heterocycles. The van der Waals surface area contributed by atoms with E-state index in [1.165, 1.54) is 33.4 Å². The molecular formula is C19H24ClN2S-. The summed E-state index contributed by atoms with van der Waals surface area (Å²) < 4.78 is 0. The summed E-state index contributed by atoms with van der Waals surface area (Å²) in [5, 5.41) is 0.612. The Hall–Kier alpha value is -1.45. The number of nitrogens with zero attached hydrogens (tertiary/aromatic N) is 1. The van der Waals surface area contributed by atoms with E-state index in [4.69, 9.17) is 5.73 Å². The third kappa shape index (κ3) is 4.52. The van der Waals surface area contributed by atoms with Crippen molar-refractivity contribution in [2.45, 2.75) is 40.4 Å². The summed E-state index contributed by atoms with van der Waals surface area (Å²) in [6, 6.07) is 9.84. The highest BCUT2D eigenvalue weighted by Gasteiger charge is 2.12. The van der Waals surface area contributed by atoms with Gasteiger partial charge >= 0.3 is 0 Å². The highest BCUT2D eigenvalue weighted by molar-refractivity contribution is 8.13. The number of hydrogen-bond donors (Lipinski definition) is 1. The summed E-state index contributed by atoms with van der Waals surface area (Å²) in [7, 11) is 0. The number of hydrogen-bond acceptors (Lipinski definition) is 2. The lowest BCUT2D eigenvalue weighted by molar-refractivity contribution is -0.00000488. The summed E-state index contributed by atoms with van der Waals surface area (Å²) in [6.07, 6.45) is 0. The Bertz CT molecular complexity index is 680. The normalized spacial score (nSPS) is 11.3. The molecule has 0 saturated carbocycles. The van der Waals surface area contributed by atoms with Crippen LogP contribution >= 0.6 is 11.8 Å². The van der Waals surface area contributed by atoms with Crippen LogP contribution in [-0.4, -0.2) is 5.17 Å². The SMILES string of the molecule is Cc1c(C)c(C)c(CSC(N)=Nc2ccccc2)c(C)c1C.[Cl-]. The summed E-state index contributed by atoms with van der Waals surface area (Å²) in [6.45, 7) is 11.0. The van der Waals surface area contributed by atoms with Gasteiger partial charge in [0.1, 0.15) is 0 Å². The van der Waals surface area contributed by atoms with Gasteiger partial charge in [-0.3, -0.25) is 0 Å². The molecule has 2 N–H and O–H groups in total. The summed E-state index contributed by atoms with van der Waals surface area (Å²) in [5.74, 6) is 0.863. The average molecular weight is 348 g/mol. The van der Waals surface area contributed by atoms with E-state index in [2.05, 4.69) is 39.6 Å². The van der Waals surface area contributed by atoms with Gasteiger partial charge < -0.3 is 18.1 Å².